The van der Waals surface area contributed by atoms with Crippen molar-refractivity contribution in [3.05, 3.63) is 27.8 Å². The van der Waals surface area contributed by atoms with Crippen molar-refractivity contribution in [2.45, 2.75) is 32.1 Å². The quantitative estimate of drug-likeness (QED) is 0.777. The monoisotopic (exact) mass is 373 g/mol. The fourth-order valence-electron chi connectivity index (χ4n) is 2.45. The Labute approximate surface area is 128 Å². The highest BCUT2D eigenvalue weighted by Crippen LogP contribution is 2.26. The van der Waals surface area contributed by atoms with Crippen LogP contribution in [0.15, 0.2) is 24.3 Å². The molecule has 4 heteroatoms. The number of benzene rings is 1. The molecule has 0 bridgehead atoms. The van der Waals surface area contributed by atoms with Crippen LogP contribution in [0, 0.1) is 9.49 Å². The standard InChI is InChI=1S/C15H20INO2/c16-13-5-7-14(8-6-13)19-11-15(18)17-10-9-12-3-1-2-4-12/h5-8,12H,1-4,9-11H2,(H,17,18). The van der Waals surface area contributed by atoms with Crippen molar-refractivity contribution in [1.29, 1.82) is 0 Å². The van der Waals surface area contributed by atoms with Crippen molar-refractivity contribution in [2.75, 3.05) is 13.2 Å². The Morgan fingerprint density at radius 3 is 2.63 bits per heavy atom. The van der Waals surface area contributed by atoms with Crippen molar-refractivity contribution in [3.63, 3.8) is 0 Å². The maximum atomic E-state index is 11.6. The summed E-state index contributed by atoms with van der Waals surface area (Å²) in [5, 5.41) is 2.93. The first-order valence-corrected chi connectivity index (χ1v) is 7.97. The van der Waals surface area contributed by atoms with Crippen molar-refractivity contribution >= 4 is 28.5 Å². The van der Waals surface area contributed by atoms with E-state index in [1.54, 1.807) is 0 Å². The molecule has 3 nitrogen and oxygen atoms in total. The molecule has 0 aliphatic heterocycles. The van der Waals surface area contributed by atoms with Crippen LogP contribution in [0.4, 0.5) is 0 Å². The van der Waals surface area contributed by atoms with Crippen LogP contribution in [0.3, 0.4) is 0 Å². The average Bonchev–Trinajstić information content (AvgIpc) is 2.91. The zero-order valence-corrected chi connectivity index (χ0v) is 13.2. The molecule has 1 saturated carbocycles. The molecule has 0 unspecified atom stereocenters. The molecular weight excluding hydrogens is 353 g/mol. The van der Waals surface area contributed by atoms with Crippen molar-refractivity contribution in [3.8, 4) is 5.75 Å². The van der Waals surface area contributed by atoms with E-state index in [1.807, 2.05) is 24.3 Å². The van der Waals surface area contributed by atoms with E-state index in [0.29, 0.717) is 0 Å². The molecule has 0 spiro atoms. The first-order valence-electron chi connectivity index (χ1n) is 6.89. The zero-order valence-electron chi connectivity index (χ0n) is 11.0. The van der Waals surface area contributed by atoms with Gasteiger partial charge in [0, 0.05) is 10.1 Å². The second kappa shape index (κ2) is 7.72. The summed E-state index contributed by atoms with van der Waals surface area (Å²) in [5.74, 6) is 1.53. The summed E-state index contributed by atoms with van der Waals surface area (Å²) in [6.07, 6.45) is 6.47. The van der Waals surface area contributed by atoms with Crippen LogP contribution in [0.25, 0.3) is 0 Å². The predicted molar refractivity (Wildman–Crippen MR) is 84.2 cm³/mol. The van der Waals surface area contributed by atoms with Gasteiger partial charge >= 0.3 is 0 Å². The molecule has 1 amide bonds. The van der Waals surface area contributed by atoms with E-state index in [0.717, 1.165) is 28.2 Å². The van der Waals surface area contributed by atoms with Gasteiger partial charge in [0.25, 0.3) is 5.91 Å². The van der Waals surface area contributed by atoms with Crippen LogP contribution in [0.1, 0.15) is 32.1 Å². The van der Waals surface area contributed by atoms with E-state index in [9.17, 15) is 4.79 Å². The minimum Gasteiger partial charge on any atom is -0.484 e. The first-order chi connectivity index (χ1) is 9.24. The number of rotatable bonds is 6. The van der Waals surface area contributed by atoms with Gasteiger partial charge in [-0.3, -0.25) is 4.79 Å². The Hall–Kier alpha value is -0.780. The first kappa shape index (κ1) is 14.6. The van der Waals surface area contributed by atoms with Crippen molar-refractivity contribution in [1.82, 2.24) is 5.32 Å². The average molecular weight is 373 g/mol. The lowest BCUT2D eigenvalue weighted by Crippen LogP contribution is -2.30. The molecule has 2 rings (SSSR count). The summed E-state index contributed by atoms with van der Waals surface area (Å²) in [5.41, 5.74) is 0. The van der Waals surface area contributed by atoms with E-state index in [2.05, 4.69) is 27.9 Å². The zero-order chi connectivity index (χ0) is 13.5. The smallest absolute Gasteiger partial charge is 0.257 e. The van der Waals surface area contributed by atoms with Gasteiger partial charge in [0.2, 0.25) is 0 Å². The summed E-state index contributed by atoms with van der Waals surface area (Å²) in [4.78, 5) is 11.6. The highest BCUT2D eigenvalue weighted by Gasteiger charge is 2.14. The van der Waals surface area contributed by atoms with Crippen LogP contribution >= 0.6 is 22.6 Å². The Morgan fingerprint density at radius 2 is 1.95 bits per heavy atom. The molecule has 1 aliphatic carbocycles. The maximum absolute atomic E-state index is 11.6. The molecule has 0 atom stereocenters. The largest absolute Gasteiger partial charge is 0.484 e. The van der Waals surface area contributed by atoms with Crippen LogP contribution in [0.5, 0.6) is 5.75 Å². The number of halogens is 1. The van der Waals surface area contributed by atoms with Gasteiger partial charge in [0.05, 0.1) is 0 Å². The summed E-state index contributed by atoms with van der Waals surface area (Å²) >= 11 is 2.24. The second-order valence-corrected chi connectivity index (χ2v) is 6.28. The second-order valence-electron chi connectivity index (χ2n) is 5.03. The molecule has 19 heavy (non-hydrogen) atoms. The van der Waals surface area contributed by atoms with Gasteiger partial charge in [-0.1, -0.05) is 25.7 Å². The van der Waals surface area contributed by atoms with Crippen LogP contribution in [-0.2, 0) is 4.79 Å². The number of nitrogens with one attached hydrogen (secondary N) is 1. The number of carbonyl (C=O) groups is 1. The van der Waals surface area contributed by atoms with E-state index < -0.39 is 0 Å². The Bertz CT molecular complexity index is 399. The van der Waals surface area contributed by atoms with E-state index in [1.165, 1.54) is 25.7 Å². The fourth-order valence-corrected chi connectivity index (χ4v) is 2.81. The number of carbonyl (C=O) groups excluding carboxylic acids is 1. The molecule has 1 aromatic rings. The van der Waals surface area contributed by atoms with E-state index in [4.69, 9.17) is 4.74 Å². The molecule has 1 aliphatic rings. The lowest BCUT2D eigenvalue weighted by Gasteiger charge is -2.10. The SMILES string of the molecule is O=C(COc1ccc(I)cc1)NCCC1CCCC1. The summed E-state index contributed by atoms with van der Waals surface area (Å²) in [6.45, 7) is 0.880. The molecule has 0 saturated heterocycles. The molecule has 0 aromatic heterocycles. The summed E-state index contributed by atoms with van der Waals surface area (Å²) < 4.78 is 6.59. The fraction of sp³-hybridized carbons (Fsp3) is 0.533. The molecular formula is C15H20INO2. The van der Waals surface area contributed by atoms with Gasteiger partial charge in [0.1, 0.15) is 5.75 Å². The highest BCUT2D eigenvalue weighted by molar-refractivity contribution is 14.1. The van der Waals surface area contributed by atoms with Crippen molar-refractivity contribution in [2.24, 2.45) is 5.92 Å². The van der Waals surface area contributed by atoms with Gasteiger partial charge < -0.3 is 10.1 Å². The number of hydrogen-bond acceptors (Lipinski definition) is 2. The van der Waals surface area contributed by atoms with E-state index in [-0.39, 0.29) is 12.5 Å². The summed E-state index contributed by atoms with van der Waals surface area (Å²) in [7, 11) is 0. The molecule has 0 radical (unpaired) electrons. The van der Waals surface area contributed by atoms with Crippen LogP contribution in [-0.4, -0.2) is 19.1 Å². The Morgan fingerprint density at radius 1 is 1.26 bits per heavy atom. The van der Waals surface area contributed by atoms with Crippen LogP contribution < -0.4 is 10.1 Å². The number of amides is 1. The topological polar surface area (TPSA) is 38.3 Å². The lowest BCUT2D eigenvalue weighted by molar-refractivity contribution is -0.123. The summed E-state index contributed by atoms with van der Waals surface area (Å²) in [6, 6.07) is 7.70. The Kier molecular flexibility index (Phi) is 5.94. The van der Waals surface area contributed by atoms with Gasteiger partial charge in [-0.25, -0.2) is 0 Å². The Balaban J connectivity index is 1.60. The third-order valence-electron chi connectivity index (χ3n) is 3.53. The van der Waals surface area contributed by atoms with Gasteiger partial charge in [-0.15, -0.1) is 0 Å². The van der Waals surface area contributed by atoms with Gasteiger partial charge in [-0.2, -0.15) is 0 Å². The van der Waals surface area contributed by atoms with Gasteiger partial charge in [-0.05, 0) is 59.2 Å². The lowest BCUT2D eigenvalue weighted by atomic mass is 10.0. The predicted octanol–water partition coefficient (Wildman–Crippen LogP) is 3.37. The highest BCUT2D eigenvalue weighted by atomic mass is 127. The minimum atomic E-state index is -0.0310. The normalized spacial score (nSPS) is 15.4. The molecule has 1 aromatic carbocycles. The van der Waals surface area contributed by atoms with Crippen molar-refractivity contribution < 1.29 is 9.53 Å². The molecule has 1 fully saturated rings. The molecule has 1 N–H and O–H groups in total. The molecule has 0 heterocycles. The number of ether oxygens (including phenoxy) is 1. The third kappa shape index (κ3) is 5.38. The number of hydrogen-bond donors (Lipinski definition) is 1. The minimum absolute atomic E-state index is 0.0310. The molecule has 104 valence electrons. The third-order valence-corrected chi connectivity index (χ3v) is 4.25. The maximum Gasteiger partial charge on any atom is 0.257 e. The van der Waals surface area contributed by atoms with Crippen LogP contribution in [0.2, 0.25) is 0 Å². The van der Waals surface area contributed by atoms with E-state index >= 15 is 0 Å². The van der Waals surface area contributed by atoms with Gasteiger partial charge in [0.15, 0.2) is 6.61 Å².